The van der Waals surface area contributed by atoms with E-state index in [2.05, 4.69) is 39.4 Å². The third kappa shape index (κ3) is 2.84. The van der Waals surface area contributed by atoms with Gasteiger partial charge in [-0.2, -0.15) is 0 Å². The first-order valence-electron chi connectivity index (χ1n) is 6.24. The van der Waals surface area contributed by atoms with Crippen LogP contribution in [0.25, 0.3) is 21.3 Å². The number of azide groups is 1. The van der Waals surface area contributed by atoms with E-state index in [0.717, 1.165) is 19.3 Å². The molecule has 4 heteroatoms. The van der Waals surface area contributed by atoms with Gasteiger partial charge in [0.05, 0.1) is 0 Å². The Labute approximate surface area is 107 Å². The summed E-state index contributed by atoms with van der Waals surface area (Å²) in [5.74, 6) is 0. The Morgan fingerprint density at radius 1 is 1.33 bits per heavy atom. The van der Waals surface area contributed by atoms with E-state index in [0.29, 0.717) is 0 Å². The van der Waals surface area contributed by atoms with Crippen LogP contribution in [0, 0.1) is 0 Å². The van der Waals surface area contributed by atoms with Gasteiger partial charge in [-0.1, -0.05) is 37.2 Å². The van der Waals surface area contributed by atoms with Crippen LogP contribution in [0.3, 0.4) is 0 Å². The first-order chi connectivity index (χ1) is 8.62. The number of hydrogen-bond donors (Lipinski definition) is 1. The summed E-state index contributed by atoms with van der Waals surface area (Å²) in [7, 11) is 0. The molecule has 1 N–H and O–H groups in total. The molecule has 18 heavy (non-hydrogen) atoms. The fourth-order valence-corrected chi connectivity index (χ4v) is 2.22. The zero-order valence-corrected chi connectivity index (χ0v) is 10.8. The maximum Gasteiger partial charge on any atom is 0.0456 e. The highest BCUT2D eigenvalue weighted by Crippen LogP contribution is 2.22. The Hall–Kier alpha value is -1.93. The number of nitrogens with zero attached hydrogens (tertiary/aromatic N) is 3. The number of para-hydroxylation sites is 1. The minimum atomic E-state index is -0.291. The van der Waals surface area contributed by atoms with E-state index in [4.69, 9.17) is 5.53 Å². The molecule has 0 saturated carbocycles. The Morgan fingerprint density at radius 3 is 2.89 bits per heavy atom. The smallest absolute Gasteiger partial charge is 0.0456 e. The third-order valence-electron chi connectivity index (χ3n) is 3.23. The van der Waals surface area contributed by atoms with Gasteiger partial charge in [0.25, 0.3) is 0 Å². The van der Waals surface area contributed by atoms with Gasteiger partial charge in [0.1, 0.15) is 0 Å². The number of benzene rings is 1. The molecular weight excluding hydrogens is 224 g/mol. The van der Waals surface area contributed by atoms with Crippen LogP contribution in [-0.2, 0) is 6.42 Å². The monoisotopic (exact) mass is 242 g/mol. The van der Waals surface area contributed by atoms with Gasteiger partial charge in [0.2, 0.25) is 0 Å². The summed E-state index contributed by atoms with van der Waals surface area (Å²) in [6, 6.07) is 8.32. The predicted octanol–water partition coefficient (Wildman–Crippen LogP) is 4.58. The molecule has 94 valence electrons. The second-order valence-corrected chi connectivity index (χ2v) is 5.21. The summed E-state index contributed by atoms with van der Waals surface area (Å²) in [4.78, 5) is 6.17. The Morgan fingerprint density at radius 2 is 2.11 bits per heavy atom. The molecule has 0 fully saturated rings. The minimum Gasteiger partial charge on any atom is -0.361 e. The van der Waals surface area contributed by atoms with Crippen molar-refractivity contribution in [3.05, 3.63) is 46.5 Å². The third-order valence-corrected chi connectivity index (χ3v) is 3.23. The van der Waals surface area contributed by atoms with E-state index in [1.807, 2.05) is 19.9 Å². The second-order valence-electron chi connectivity index (χ2n) is 5.21. The number of nitrogens with one attached hydrogen (secondary N) is 1. The molecule has 0 saturated heterocycles. The molecule has 0 amide bonds. The van der Waals surface area contributed by atoms with Crippen LogP contribution >= 0.6 is 0 Å². The van der Waals surface area contributed by atoms with Gasteiger partial charge in [-0.25, -0.2) is 0 Å². The van der Waals surface area contributed by atoms with Crippen molar-refractivity contribution in [1.82, 2.24) is 4.98 Å². The van der Waals surface area contributed by atoms with E-state index in [1.54, 1.807) is 0 Å². The van der Waals surface area contributed by atoms with Gasteiger partial charge in [-0.05, 0) is 36.4 Å². The number of hydrogen-bond acceptors (Lipinski definition) is 1. The summed E-state index contributed by atoms with van der Waals surface area (Å²) >= 11 is 0. The summed E-state index contributed by atoms with van der Waals surface area (Å²) in [6.45, 7) is 3.95. The first-order valence-corrected chi connectivity index (χ1v) is 6.24. The molecule has 2 aromatic rings. The zero-order valence-electron chi connectivity index (χ0n) is 10.8. The van der Waals surface area contributed by atoms with Gasteiger partial charge >= 0.3 is 0 Å². The number of aryl methyl sites for hydroxylation is 1. The lowest BCUT2D eigenvalue weighted by atomic mass is 9.96. The highest BCUT2D eigenvalue weighted by Gasteiger charge is 2.15. The molecule has 2 rings (SSSR count). The van der Waals surface area contributed by atoms with Crippen LogP contribution < -0.4 is 0 Å². The average Bonchev–Trinajstić information content (AvgIpc) is 2.73. The number of aromatic nitrogens is 1. The topological polar surface area (TPSA) is 64.5 Å². The maximum atomic E-state index is 8.48. The first kappa shape index (κ1) is 12.5. The highest BCUT2D eigenvalue weighted by atomic mass is 15.2. The van der Waals surface area contributed by atoms with Gasteiger partial charge in [0.15, 0.2) is 0 Å². The lowest BCUT2D eigenvalue weighted by molar-refractivity contribution is 0.457. The summed E-state index contributed by atoms with van der Waals surface area (Å²) in [5.41, 5.74) is 10.7. The second kappa shape index (κ2) is 5.15. The van der Waals surface area contributed by atoms with E-state index in [-0.39, 0.29) is 5.54 Å². The highest BCUT2D eigenvalue weighted by molar-refractivity contribution is 5.82. The fraction of sp³-hybridized carbons (Fsp3) is 0.429. The fourth-order valence-electron chi connectivity index (χ4n) is 2.22. The van der Waals surface area contributed by atoms with Crippen molar-refractivity contribution >= 4 is 10.9 Å². The number of fused-ring (bicyclic) bond motifs is 1. The molecule has 1 heterocycles. The van der Waals surface area contributed by atoms with Gasteiger partial charge < -0.3 is 4.98 Å². The predicted molar refractivity (Wildman–Crippen MR) is 74.5 cm³/mol. The number of aromatic amines is 1. The maximum absolute atomic E-state index is 8.48. The van der Waals surface area contributed by atoms with Crippen LogP contribution in [0.1, 0.15) is 32.3 Å². The van der Waals surface area contributed by atoms with Gasteiger partial charge in [-0.3, -0.25) is 0 Å². The molecule has 0 bridgehead atoms. The number of H-pyrrole nitrogens is 1. The normalized spacial score (nSPS) is 11.4. The van der Waals surface area contributed by atoms with E-state index in [1.165, 1.54) is 16.5 Å². The molecule has 1 aromatic heterocycles. The van der Waals surface area contributed by atoms with Crippen LogP contribution in [0.5, 0.6) is 0 Å². The average molecular weight is 242 g/mol. The molecule has 0 aliphatic rings. The summed E-state index contributed by atoms with van der Waals surface area (Å²) in [6.07, 6.45) is 5.00. The molecular formula is C14H18N4. The van der Waals surface area contributed by atoms with Crippen LogP contribution in [0.15, 0.2) is 35.6 Å². The molecule has 0 radical (unpaired) electrons. The van der Waals surface area contributed by atoms with E-state index in [9.17, 15) is 0 Å². The standard InChI is InChI=1S/C14H18N4/c1-14(2,17-18-15)9-5-6-11-10-16-13-8-4-3-7-12(11)13/h3-4,7-8,10,16H,5-6,9H2,1-2H3. The number of rotatable bonds is 5. The van der Waals surface area contributed by atoms with Gasteiger partial charge in [0, 0.05) is 27.6 Å². The molecule has 0 atom stereocenters. The minimum absolute atomic E-state index is 0.291. The van der Waals surface area contributed by atoms with Crippen LogP contribution in [0.2, 0.25) is 0 Å². The quantitative estimate of drug-likeness (QED) is 0.453. The van der Waals surface area contributed by atoms with Crippen molar-refractivity contribution in [2.24, 2.45) is 5.11 Å². The van der Waals surface area contributed by atoms with Crippen molar-refractivity contribution in [2.45, 2.75) is 38.6 Å². The molecule has 0 aliphatic heterocycles. The van der Waals surface area contributed by atoms with Crippen LogP contribution in [0.4, 0.5) is 0 Å². The molecule has 4 nitrogen and oxygen atoms in total. The Bertz CT molecular complexity index is 576. The largest absolute Gasteiger partial charge is 0.361 e. The summed E-state index contributed by atoms with van der Waals surface area (Å²) < 4.78 is 0. The lowest BCUT2D eigenvalue weighted by Crippen LogP contribution is -2.15. The molecule has 0 spiro atoms. The van der Waals surface area contributed by atoms with Crippen molar-refractivity contribution in [1.29, 1.82) is 0 Å². The van der Waals surface area contributed by atoms with Gasteiger partial charge in [-0.15, -0.1) is 0 Å². The lowest BCUT2D eigenvalue weighted by Gasteiger charge is -2.16. The molecule has 0 aliphatic carbocycles. The molecule has 1 aromatic carbocycles. The Kier molecular flexibility index (Phi) is 3.58. The van der Waals surface area contributed by atoms with E-state index < -0.39 is 0 Å². The van der Waals surface area contributed by atoms with Crippen molar-refractivity contribution < 1.29 is 0 Å². The summed E-state index contributed by atoms with van der Waals surface area (Å²) in [5, 5.41) is 5.10. The van der Waals surface area contributed by atoms with Crippen molar-refractivity contribution in [3.8, 4) is 0 Å². The SMILES string of the molecule is CC(C)(CCCc1c[nH]c2ccccc12)N=[N+]=[N-]. The van der Waals surface area contributed by atoms with Crippen molar-refractivity contribution in [3.63, 3.8) is 0 Å². The van der Waals surface area contributed by atoms with Crippen LogP contribution in [-0.4, -0.2) is 10.5 Å². The van der Waals surface area contributed by atoms with E-state index >= 15 is 0 Å². The Balaban J connectivity index is 2.01. The zero-order chi connectivity index (χ0) is 13.0. The van der Waals surface area contributed by atoms with Crippen molar-refractivity contribution in [2.75, 3.05) is 0 Å². The molecule has 0 unspecified atom stereocenters.